The predicted octanol–water partition coefficient (Wildman–Crippen LogP) is 3.55. The average molecular weight is 375 g/mol. The van der Waals surface area contributed by atoms with E-state index in [0.717, 1.165) is 35.7 Å². The molecule has 0 saturated carbocycles. The third-order valence-corrected chi connectivity index (χ3v) is 4.92. The van der Waals surface area contributed by atoms with Gasteiger partial charge in [-0.3, -0.25) is 14.3 Å². The Labute approximate surface area is 158 Å². The smallest absolute Gasteiger partial charge is 0.229 e. The number of anilines is 2. The molecular formula is C19H23ClN4O2. The SMILES string of the molecule is CCCn1nc(C)c(NC(=O)C2CC(=O)N(c3cccc(Cl)c3)C2)c1C. The van der Waals surface area contributed by atoms with Crippen LogP contribution in [0.5, 0.6) is 0 Å². The number of halogens is 1. The molecule has 0 spiro atoms. The molecular weight excluding hydrogens is 352 g/mol. The number of hydrogen-bond acceptors (Lipinski definition) is 3. The highest BCUT2D eigenvalue weighted by Crippen LogP contribution is 2.28. The second-order valence-corrected chi connectivity index (χ2v) is 7.08. The van der Waals surface area contributed by atoms with E-state index in [1.54, 1.807) is 23.1 Å². The summed E-state index contributed by atoms with van der Waals surface area (Å²) in [7, 11) is 0. The highest BCUT2D eigenvalue weighted by atomic mass is 35.5. The van der Waals surface area contributed by atoms with Crippen molar-refractivity contribution in [3.05, 3.63) is 40.7 Å². The molecule has 1 aromatic heterocycles. The summed E-state index contributed by atoms with van der Waals surface area (Å²) in [6, 6.07) is 7.12. The zero-order chi connectivity index (χ0) is 18.8. The Bertz CT molecular complexity index is 846. The summed E-state index contributed by atoms with van der Waals surface area (Å²) in [6.45, 7) is 7.08. The van der Waals surface area contributed by atoms with Gasteiger partial charge in [0, 0.05) is 30.2 Å². The minimum Gasteiger partial charge on any atom is -0.323 e. The molecule has 2 amide bonds. The summed E-state index contributed by atoms with van der Waals surface area (Å²) in [5, 5.41) is 8.02. The van der Waals surface area contributed by atoms with Crippen LogP contribution in [-0.4, -0.2) is 28.1 Å². The fraction of sp³-hybridized carbons (Fsp3) is 0.421. The topological polar surface area (TPSA) is 67.2 Å². The van der Waals surface area contributed by atoms with Gasteiger partial charge in [-0.05, 0) is 38.5 Å². The van der Waals surface area contributed by atoms with E-state index in [4.69, 9.17) is 11.6 Å². The van der Waals surface area contributed by atoms with Crippen LogP contribution in [0.15, 0.2) is 24.3 Å². The normalized spacial score (nSPS) is 17.0. The van der Waals surface area contributed by atoms with Gasteiger partial charge in [0.1, 0.15) is 0 Å². The van der Waals surface area contributed by atoms with Gasteiger partial charge in [0.2, 0.25) is 11.8 Å². The van der Waals surface area contributed by atoms with Crippen molar-refractivity contribution in [3.63, 3.8) is 0 Å². The Hall–Kier alpha value is -2.34. The Morgan fingerprint density at radius 1 is 1.38 bits per heavy atom. The third kappa shape index (κ3) is 3.60. The molecule has 1 aromatic carbocycles. The molecule has 2 heterocycles. The van der Waals surface area contributed by atoms with Gasteiger partial charge >= 0.3 is 0 Å². The fourth-order valence-electron chi connectivity index (χ4n) is 3.31. The monoisotopic (exact) mass is 374 g/mol. The van der Waals surface area contributed by atoms with Crippen LogP contribution < -0.4 is 10.2 Å². The number of aryl methyl sites for hydroxylation is 2. The van der Waals surface area contributed by atoms with Gasteiger partial charge < -0.3 is 10.2 Å². The largest absolute Gasteiger partial charge is 0.323 e. The molecule has 0 bridgehead atoms. The van der Waals surface area contributed by atoms with Gasteiger partial charge in [-0.25, -0.2) is 0 Å². The Morgan fingerprint density at radius 2 is 2.15 bits per heavy atom. The third-order valence-electron chi connectivity index (χ3n) is 4.68. The molecule has 1 unspecified atom stereocenters. The van der Waals surface area contributed by atoms with Crippen molar-refractivity contribution in [1.29, 1.82) is 0 Å². The Kier molecular flexibility index (Phi) is 5.32. The van der Waals surface area contributed by atoms with E-state index in [9.17, 15) is 9.59 Å². The first-order chi connectivity index (χ1) is 12.4. The van der Waals surface area contributed by atoms with Crippen molar-refractivity contribution >= 4 is 34.8 Å². The zero-order valence-electron chi connectivity index (χ0n) is 15.3. The lowest BCUT2D eigenvalue weighted by molar-refractivity contribution is -0.122. The molecule has 1 aliphatic rings. The summed E-state index contributed by atoms with van der Waals surface area (Å²) >= 11 is 6.01. The first-order valence-electron chi connectivity index (χ1n) is 8.81. The maximum absolute atomic E-state index is 12.7. The Morgan fingerprint density at radius 3 is 2.85 bits per heavy atom. The van der Waals surface area contributed by atoms with Crippen molar-refractivity contribution in [2.24, 2.45) is 5.92 Å². The van der Waals surface area contributed by atoms with E-state index in [0.29, 0.717) is 11.6 Å². The van der Waals surface area contributed by atoms with Crippen LogP contribution in [-0.2, 0) is 16.1 Å². The van der Waals surface area contributed by atoms with E-state index in [2.05, 4.69) is 17.3 Å². The van der Waals surface area contributed by atoms with E-state index < -0.39 is 5.92 Å². The van der Waals surface area contributed by atoms with Crippen LogP contribution in [0.1, 0.15) is 31.2 Å². The number of hydrogen-bond donors (Lipinski definition) is 1. The molecule has 1 saturated heterocycles. The summed E-state index contributed by atoms with van der Waals surface area (Å²) in [5.41, 5.74) is 3.20. The molecule has 0 aliphatic carbocycles. The molecule has 1 aliphatic heterocycles. The van der Waals surface area contributed by atoms with Crippen LogP contribution in [0.3, 0.4) is 0 Å². The van der Waals surface area contributed by atoms with Crippen molar-refractivity contribution in [3.8, 4) is 0 Å². The lowest BCUT2D eigenvalue weighted by Crippen LogP contribution is -2.28. The maximum atomic E-state index is 12.7. The minimum atomic E-state index is -0.394. The van der Waals surface area contributed by atoms with E-state index in [1.165, 1.54) is 0 Å². The second-order valence-electron chi connectivity index (χ2n) is 6.64. The van der Waals surface area contributed by atoms with E-state index >= 15 is 0 Å². The van der Waals surface area contributed by atoms with Gasteiger partial charge in [-0.1, -0.05) is 24.6 Å². The van der Waals surface area contributed by atoms with Crippen LogP contribution >= 0.6 is 11.6 Å². The summed E-state index contributed by atoms with van der Waals surface area (Å²) < 4.78 is 1.91. The number of nitrogens with zero attached hydrogens (tertiary/aromatic N) is 3. The van der Waals surface area contributed by atoms with E-state index in [-0.39, 0.29) is 18.2 Å². The molecule has 6 nitrogen and oxygen atoms in total. The fourth-order valence-corrected chi connectivity index (χ4v) is 3.49. The quantitative estimate of drug-likeness (QED) is 0.870. The van der Waals surface area contributed by atoms with Crippen LogP contribution in [0.2, 0.25) is 5.02 Å². The van der Waals surface area contributed by atoms with Crippen LogP contribution in [0.25, 0.3) is 0 Å². The lowest BCUT2D eigenvalue weighted by atomic mass is 10.1. The highest BCUT2D eigenvalue weighted by Gasteiger charge is 2.35. The highest BCUT2D eigenvalue weighted by molar-refractivity contribution is 6.31. The zero-order valence-corrected chi connectivity index (χ0v) is 16.0. The molecule has 3 rings (SSSR count). The van der Waals surface area contributed by atoms with Crippen molar-refractivity contribution in [2.45, 2.75) is 40.2 Å². The first-order valence-corrected chi connectivity index (χ1v) is 9.19. The molecule has 1 fully saturated rings. The molecule has 138 valence electrons. The first kappa shape index (κ1) is 18.5. The van der Waals surface area contributed by atoms with Gasteiger partial charge in [0.05, 0.1) is 23.0 Å². The number of amides is 2. The van der Waals surface area contributed by atoms with Crippen molar-refractivity contribution in [2.75, 3.05) is 16.8 Å². The second kappa shape index (κ2) is 7.50. The van der Waals surface area contributed by atoms with E-state index in [1.807, 2.05) is 24.6 Å². The molecule has 0 radical (unpaired) electrons. The predicted molar refractivity (Wildman–Crippen MR) is 103 cm³/mol. The molecule has 1 atom stereocenters. The van der Waals surface area contributed by atoms with Gasteiger partial charge in [-0.2, -0.15) is 5.10 Å². The summed E-state index contributed by atoms with van der Waals surface area (Å²) in [4.78, 5) is 26.7. The average Bonchev–Trinajstić information content (AvgIpc) is 3.11. The number of rotatable bonds is 5. The number of aromatic nitrogens is 2. The molecule has 2 aromatic rings. The number of benzene rings is 1. The standard InChI is InChI=1S/C19H23ClN4O2/c1-4-8-24-13(3)18(12(2)22-24)21-19(26)14-9-17(25)23(11-14)16-7-5-6-15(20)10-16/h5-7,10,14H,4,8-9,11H2,1-3H3,(H,21,26). The number of carbonyl (C=O) groups is 2. The Balaban J connectivity index is 1.73. The van der Waals surface area contributed by atoms with Gasteiger partial charge in [-0.15, -0.1) is 0 Å². The van der Waals surface area contributed by atoms with Crippen molar-refractivity contribution in [1.82, 2.24) is 9.78 Å². The van der Waals surface area contributed by atoms with Gasteiger partial charge in [0.15, 0.2) is 0 Å². The van der Waals surface area contributed by atoms with Crippen LogP contribution in [0, 0.1) is 19.8 Å². The maximum Gasteiger partial charge on any atom is 0.229 e. The van der Waals surface area contributed by atoms with Crippen molar-refractivity contribution < 1.29 is 9.59 Å². The van der Waals surface area contributed by atoms with Crippen LogP contribution in [0.4, 0.5) is 11.4 Å². The van der Waals surface area contributed by atoms with Gasteiger partial charge in [0.25, 0.3) is 0 Å². The lowest BCUT2D eigenvalue weighted by Gasteiger charge is -2.17. The summed E-state index contributed by atoms with van der Waals surface area (Å²) in [5.74, 6) is -0.609. The number of carbonyl (C=O) groups excluding carboxylic acids is 2. The number of nitrogens with one attached hydrogen (secondary N) is 1. The molecule has 1 N–H and O–H groups in total. The molecule has 7 heteroatoms. The minimum absolute atomic E-state index is 0.0671. The summed E-state index contributed by atoms with van der Waals surface area (Å²) in [6.07, 6.45) is 1.17. The molecule has 26 heavy (non-hydrogen) atoms.